The van der Waals surface area contributed by atoms with Crippen molar-refractivity contribution >= 4 is 21.9 Å². The number of hydrogen-bond acceptors (Lipinski definition) is 1. The van der Waals surface area contributed by atoms with Crippen molar-refractivity contribution in [1.29, 1.82) is 0 Å². The van der Waals surface area contributed by atoms with Gasteiger partial charge in [-0.15, -0.1) is 0 Å². The Morgan fingerprint density at radius 2 is 2.60 bits per heavy atom. The van der Waals surface area contributed by atoms with E-state index in [2.05, 4.69) is 15.9 Å². The minimum Gasteiger partial charge on any atom is -0.481 e. The first-order valence-corrected chi connectivity index (χ1v) is 1.66. The summed E-state index contributed by atoms with van der Waals surface area (Å²) >= 11 is 2.28. The number of alkyl halides is 1. The molecule has 0 fully saturated rings. The lowest BCUT2D eigenvalue weighted by Crippen LogP contribution is -1.92. The van der Waals surface area contributed by atoms with Gasteiger partial charge in [0.2, 0.25) is 0 Å². The van der Waals surface area contributed by atoms with Crippen molar-refractivity contribution in [2.75, 3.05) is 5.28 Å². The fourth-order valence-corrected chi connectivity index (χ4v) is 0. The van der Waals surface area contributed by atoms with Crippen LogP contribution in [-0.2, 0) is 4.79 Å². The molecular weight excluding hydrogens is 136 g/mol. The smallest absolute Gasteiger partial charge is 0.314 e. The second-order valence-corrected chi connectivity index (χ2v) is 0.796. The van der Waals surface area contributed by atoms with Gasteiger partial charge in [0.1, 0.15) is 5.28 Å². The predicted molar refractivity (Wildman–Crippen MR) is 21.4 cm³/mol. The van der Waals surface area contributed by atoms with Gasteiger partial charge in [-0.05, 0) is 0 Å². The van der Waals surface area contributed by atoms with Gasteiger partial charge in [0.15, 0.2) is 0 Å². The summed E-state index contributed by atoms with van der Waals surface area (Å²) in [6.07, 6.45) is 0. The Balaban J connectivity index is 3.79. The van der Waals surface area contributed by atoms with E-state index in [9.17, 15) is 4.79 Å². The molecule has 0 aliphatic rings. The highest BCUT2D eigenvalue weighted by Crippen LogP contribution is 1.73. The third-order valence-electron chi connectivity index (χ3n) is 0.0808. The summed E-state index contributed by atoms with van der Waals surface area (Å²) in [5.41, 5.74) is 0. The second-order valence-electron chi connectivity index (χ2n) is 0.400. The van der Waals surface area contributed by atoms with Crippen LogP contribution in [0.15, 0.2) is 0 Å². The Kier molecular flexibility index (Phi) is 0.961. The Hall–Kier alpha value is -0.0500. The summed E-state index contributed by atoms with van der Waals surface area (Å²) in [5, 5.41) is 5.56. The highest BCUT2D eigenvalue weighted by atomic mass is 79.9. The topological polar surface area (TPSA) is 37.3 Å². The molecule has 0 atom stereocenters. The van der Waals surface area contributed by atoms with Gasteiger partial charge < -0.3 is 5.11 Å². The molecule has 0 rings (SSSR count). The number of aliphatic carboxylic acids is 1. The molecule has 0 aliphatic carbocycles. The third-order valence-corrected chi connectivity index (χ3v) is 0.420. The first-order valence-electron chi connectivity index (χ1n) is 1.87. The maximum absolute atomic E-state index is 9.60. The minimum absolute atomic E-state index is 1.51. The zero-order valence-electron chi connectivity index (χ0n) is 4.23. The number of carbonyl (C=O) groups is 1. The molecule has 0 aliphatic heterocycles. The van der Waals surface area contributed by atoms with Crippen LogP contribution in [0.25, 0.3) is 0 Å². The number of carboxylic acids is 1. The maximum atomic E-state index is 9.60. The summed E-state index contributed by atoms with van der Waals surface area (Å²) in [6.45, 7) is 0. The molecular formula is C2H3BrO2. The van der Waals surface area contributed by atoms with Gasteiger partial charge in [-0.2, -0.15) is 0 Å². The fourth-order valence-electron chi connectivity index (χ4n) is 0. The summed E-state index contributed by atoms with van der Waals surface area (Å²) in [5.74, 6) is -1.51. The number of halogens is 1. The molecule has 0 amide bonds. The first kappa shape index (κ1) is 2.18. The van der Waals surface area contributed by atoms with E-state index in [1.54, 1.807) is 0 Å². The van der Waals surface area contributed by atoms with Crippen molar-refractivity contribution in [3.63, 3.8) is 0 Å². The molecule has 0 heterocycles. The third kappa shape index (κ3) is 3.95. The van der Waals surface area contributed by atoms with E-state index in [-0.39, 0.29) is 0 Å². The summed E-state index contributed by atoms with van der Waals surface area (Å²) < 4.78 is 12.7. The number of carboxylic acid groups (broad SMARTS) is 1. The zero-order chi connectivity index (χ0) is 6.08. The Morgan fingerprint density at radius 1 is 2.40 bits per heavy atom. The standard InChI is InChI=1S/C2H3BrO2/c3-1-2(4)5/h1H2,(H,4,5)/i1T2. The molecule has 2 nitrogen and oxygen atoms in total. The number of hydrogen-bond donors (Lipinski definition) is 1. The van der Waals surface area contributed by atoms with Crippen LogP contribution in [0.5, 0.6) is 0 Å². The van der Waals surface area contributed by atoms with Gasteiger partial charge >= 0.3 is 5.97 Å². The van der Waals surface area contributed by atoms with E-state index in [0.717, 1.165) is 0 Å². The molecule has 0 aromatic heterocycles. The van der Waals surface area contributed by atoms with Crippen LogP contribution in [-0.4, -0.2) is 16.4 Å². The van der Waals surface area contributed by atoms with E-state index in [4.69, 9.17) is 7.85 Å². The molecule has 30 valence electrons. The Bertz CT molecular complexity index is 86.2. The molecule has 0 unspecified atom stereocenters. The molecule has 1 N–H and O–H groups in total. The van der Waals surface area contributed by atoms with Gasteiger partial charge in [0, 0.05) is 0 Å². The molecule has 0 aromatic rings. The van der Waals surface area contributed by atoms with E-state index >= 15 is 0 Å². The minimum atomic E-state index is -2.27. The van der Waals surface area contributed by atoms with Crippen molar-refractivity contribution in [1.82, 2.24) is 0 Å². The van der Waals surface area contributed by atoms with Gasteiger partial charge in [0.25, 0.3) is 0 Å². The lowest BCUT2D eigenvalue weighted by atomic mass is 10.8. The molecule has 0 aromatic carbocycles. The summed E-state index contributed by atoms with van der Waals surface area (Å²) in [6, 6.07) is 0. The highest BCUT2D eigenvalue weighted by Gasteiger charge is 1.83. The van der Waals surface area contributed by atoms with Crippen molar-refractivity contribution in [2.24, 2.45) is 0 Å². The van der Waals surface area contributed by atoms with Gasteiger partial charge in [-0.3, -0.25) is 4.79 Å². The van der Waals surface area contributed by atoms with E-state index < -0.39 is 11.3 Å². The van der Waals surface area contributed by atoms with Crippen molar-refractivity contribution < 1.29 is 12.6 Å². The van der Waals surface area contributed by atoms with Crippen LogP contribution in [0.2, 0.25) is 0 Å². The molecule has 0 saturated heterocycles. The normalized spacial score (nSPS) is 16.2. The molecule has 0 spiro atoms. The van der Waals surface area contributed by atoms with Crippen molar-refractivity contribution in [3.05, 3.63) is 0 Å². The van der Waals surface area contributed by atoms with Crippen LogP contribution in [0.1, 0.15) is 2.74 Å². The summed E-state index contributed by atoms with van der Waals surface area (Å²) in [4.78, 5) is 9.60. The Morgan fingerprint density at radius 3 is 2.60 bits per heavy atom. The average molecular weight is 143 g/mol. The average Bonchev–Trinajstić information content (AvgIpc) is 1.31. The van der Waals surface area contributed by atoms with Crippen molar-refractivity contribution in [2.45, 2.75) is 0 Å². The SMILES string of the molecule is [3H]C([3H])(Br)C(=O)O. The lowest BCUT2D eigenvalue weighted by molar-refractivity contribution is -0.133. The van der Waals surface area contributed by atoms with Crippen LogP contribution in [0.3, 0.4) is 0 Å². The Labute approximate surface area is 40.7 Å². The van der Waals surface area contributed by atoms with E-state index in [1.807, 2.05) is 0 Å². The molecule has 0 bridgehead atoms. The van der Waals surface area contributed by atoms with Crippen LogP contribution < -0.4 is 0 Å². The van der Waals surface area contributed by atoms with Crippen molar-refractivity contribution in [3.8, 4) is 0 Å². The molecule has 3 heteroatoms. The monoisotopic (exact) mass is 142 g/mol. The largest absolute Gasteiger partial charge is 0.481 e. The maximum Gasteiger partial charge on any atom is 0.314 e. The van der Waals surface area contributed by atoms with Gasteiger partial charge in [-0.1, -0.05) is 15.9 Å². The van der Waals surface area contributed by atoms with Crippen LogP contribution in [0, 0.1) is 0 Å². The quantitative estimate of drug-likeness (QED) is 0.541. The van der Waals surface area contributed by atoms with Crippen LogP contribution in [0.4, 0.5) is 0 Å². The van der Waals surface area contributed by atoms with Gasteiger partial charge in [0.05, 0.1) is 2.74 Å². The molecule has 5 heavy (non-hydrogen) atoms. The molecule has 0 saturated carbocycles. The number of rotatable bonds is 1. The van der Waals surface area contributed by atoms with Gasteiger partial charge in [-0.25, -0.2) is 0 Å². The van der Waals surface area contributed by atoms with E-state index in [0.29, 0.717) is 0 Å². The van der Waals surface area contributed by atoms with Crippen LogP contribution >= 0.6 is 15.9 Å². The predicted octanol–water partition coefficient (Wildman–Crippen LogP) is 0.466. The molecule has 0 radical (unpaired) electrons. The first-order chi connectivity index (χ1) is 2.94. The second kappa shape index (κ2) is 2.20. The summed E-state index contributed by atoms with van der Waals surface area (Å²) in [7, 11) is 0. The fraction of sp³-hybridized carbons (Fsp3) is 0.500. The highest BCUT2D eigenvalue weighted by molar-refractivity contribution is 9.09. The van der Waals surface area contributed by atoms with E-state index in [1.165, 1.54) is 0 Å². The lowest BCUT2D eigenvalue weighted by Gasteiger charge is -1.70. The zero-order valence-corrected chi connectivity index (χ0v) is 3.82.